The molecule has 72 valence electrons. The predicted molar refractivity (Wildman–Crippen MR) is 50.1 cm³/mol. The van der Waals surface area contributed by atoms with Crippen molar-refractivity contribution >= 4 is 0 Å². The van der Waals surface area contributed by atoms with Gasteiger partial charge in [0.15, 0.2) is 0 Å². The van der Waals surface area contributed by atoms with E-state index in [1.54, 1.807) is 13.8 Å². The van der Waals surface area contributed by atoms with E-state index in [2.05, 4.69) is 11.8 Å². The molecule has 2 aliphatic heterocycles. The van der Waals surface area contributed by atoms with E-state index >= 15 is 0 Å². The Balaban J connectivity index is 2.12. The van der Waals surface area contributed by atoms with Gasteiger partial charge in [-0.1, -0.05) is 5.92 Å². The third kappa shape index (κ3) is 1.47. The molecule has 2 bridgehead atoms. The van der Waals surface area contributed by atoms with Gasteiger partial charge in [-0.15, -0.1) is 5.92 Å². The molecule has 0 aromatic heterocycles. The number of hydrogen-bond acceptors (Lipinski definition) is 2. The largest absolute Gasteiger partial charge is 0.378 e. The lowest BCUT2D eigenvalue weighted by Crippen LogP contribution is -2.39. The second kappa shape index (κ2) is 3.01. The van der Waals surface area contributed by atoms with Crippen LogP contribution in [0.2, 0.25) is 0 Å². The second-order valence-electron chi connectivity index (χ2n) is 4.24. The minimum absolute atomic E-state index is 0.221. The van der Waals surface area contributed by atoms with Gasteiger partial charge in [-0.3, -0.25) is 0 Å². The molecular weight excluding hydrogens is 164 g/mol. The van der Waals surface area contributed by atoms with Crippen LogP contribution in [0.15, 0.2) is 0 Å². The van der Waals surface area contributed by atoms with Crippen LogP contribution < -0.4 is 0 Å². The summed E-state index contributed by atoms with van der Waals surface area (Å²) < 4.78 is 5.69. The van der Waals surface area contributed by atoms with Crippen LogP contribution in [0, 0.1) is 17.8 Å². The van der Waals surface area contributed by atoms with E-state index in [-0.39, 0.29) is 12.0 Å². The number of hydrogen-bond donors (Lipinski definition) is 1. The second-order valence-corrected chi connectivity index (χ2v) is 4.24. The van der Waals surface area contributed by atoms with Gasteiger partial charge >= 0.3 is 0 Å². The topological polar surface area (TPSA) is 29.5 Å². The van der Waals surface area contributed by atoms with E-state index in [0.717, 1.165) is 19.3 Å². The van der Waals surface area contributed by atoms with Gasteiger partial charge in [0.2, 0.25) is 0 Å². The average molecular weight is 180 g/mol. The number of fused-ring (bicyclic) bond motifs is 2. The minimum Gasteiger partial charge on any atom is -0.378 e. The summed E-state index contributed by atoms with van der Waals surface area (Å²) in [5.74, 6) is 5.88. The van der Waals surface area contributed by atoms with Gasteiger partial charge in [0.25, 0.3) is 0 Å². The van der Waals surface area contributed by atoms with Crippen molar-refractivity contribution in [1.82, 2.24) is 0 Å². The fourth-order valence-electron chi connectivity index (χ4n) is 2.58. The maximum Gasteiger partial charge on any atom is 0.128 e. The Bertz CT molecular complexity index is 259. The van der Waals surface area contributed by atoms with Gasteiger partial charge < -0.3 is 9.84 Å². The van der Waals surface area contributed by atoms with E-state index in [1.807, 2.05) is 0 Å². The smallest absolute Gasteiger partial charge is 0.128 e. The molecule has 13 heavy (non-hydrogen) atoms. The molecule has 2 heteroatoms. The van der Waals surface area contributed by atoms with Crippen LogP contribution in [0.3, 0.4) is 0 Å². The molecule has 2 rings (SSSR count). The Hall–Kier alpha value is -0.520. The lowest BCUT2D eigenvalue weighted by molar-refractivity contribution is 0.0111. The van der Waals surface area contributed by atoms with E-state index < -0.39 is 5.60 Å². The zero-order valence-electron chi connectivity index (χ0n) is 8.21. The summed E-state index contributed by atoms with van der Waals surface area (Å²) in [5, 5.41) is 10.1. The van der Waals surface area contributed by atoms with Crippen molar-refractivity contribution in [2.24, 2.45) is 5.92 Å². The minimum atomic E-state index is -0.853. The van der Waals surface area contributed by atoms with Gasteiger partial charge in [0.05, 0.1) is 12.2 Å². The Kier molecular flexibility index (Phi) is 2.09. The first-order chi connectivity index (χ1) is 6.13. The van der Waals surface area contributed by atoms with Crippen molar-refractivity contribution in [1.29, 1.82) is 0 Å². The lowest BCUT2D eigenvalue weighted by atomic mass is 9.78. The summed E-state index contributed by atoms with van der Waals surface area (Å²) in [4.78, 5) is 0. The Morgan fingerprint density at radius 2 is 2.23 bits per heavy atom. The molecular formula is C11H16O2. The van der Waals surface area contributed by atoms with Crippen LogP contribution in [0.5, 0.6) is 0 Å². The maximum atomic E-state index is 10.1. The molecule has 0 amide bonds. The highest BCUT2D eigenvalue weighted by Gasteiger charge is 2.48. The highest BCUT2D eigenvalue weighted by Crippen LogP contribution is 2.43. The summed E-state index contributed by atoms with van der Waals surface area (Å²) in [6, 6.07) is 0. The molecule has 2 heterocycles. The summed E-state index contributed by atoms with van der Waals surface area (Å²) in [7, 11) is 0. The zero-order valence-corrected chi connectivity index (χ0v) is 8.21. The fourth-order valence-corrected chi connectivity index (χ4v) is 2.58. The van der Waals surface area contributed by atoms with Crippen LogP contribution in [0.4, 0.5) is 0 Å². The first-order valence-electron chi connectivity index (χ1n) is 4.95. The van der Waals surface area contributed by atoms with E-state index in [1.165, 1.54) is 0 Å². The molecule has 2 nitrogen and oxygen atoms in total. The number of ether oxygens (including phenoxy) is 1. The first-order valence-corrected chi connectivity index (χ1v) is 4.95. The van der Waals surface area contributed by atoms with Crippen molar-refractivity contribution in [3.63, 3.8) is 0 Å². The van der Waals surface area contributed by atoms with Crippen LogP contribution in [-0.2, 0) is 4.74 Å². The van der Waals surface area contributed by atoms with Gasteiger partial charge in [0, 0.05) is 5.92 Å². The normalized spacial score (nSPS) is 41.0. The van der Waals surface area contributed by atoms with Gasteiger partial charge in [-0.25, -0.2) is 0 Å². The molecule has 0 aromatic carbocycles. The molecule has 0 radical (unpaired) electrons. The molecule has 0 saturated carbocycles. The van der Waals surface area contributed by atoms with E-state index in [9.17, 15) is 5.11 Å². The standard InChI is InChI=1S/C11H16O2/c1-3-6-11(2,12)9-7-8-4-5-10(9)13-8/h8-10,12H,4-5,7H2,1-2H3. The third-order valence-corrected chi connectivity index (χ3v) is 3.21. The average Bonchev–Trinajstić information content (AvgIpc) is 2.63. The quantitative estimate of drug-likeness (QED) is 0.617. The van der Waals surface area contributed by atoms with Crippen LogP contribution in [0.25, 0.3) is 0 Å². The molecule has 4 atom stereocenters. The summed E-state index contributed by atoms with van der Waals surface area (Å²) in [6.07, 6.45) is 3.88. The third-order valence-electron chi connectivity index (χ3n) is 3.21. The van der Waals surface area contributed by atoms with Crippen molar-refractivity contribution < 1.29 is 9.84 Å². The van der Waals surface area contributed by atoms with Crippen LogP contribution in [-0.4, -0.2) is 22.9 Å². The predicted octanol–water partition coefficient (Wildman–Crippen LogP) is 1.33. The molecule has 2 aliphatic rings. The highest BCUT2D eigenvalue weighted by atomic mass is 16.5. The van der Waals surface area contributed by atoms with Crippen molar-refractivity contribution in [3.05, 3.63) is 0 Å². The molecule has 0 aromatic rings. The Morgan fingerprint density at radius 3 is 2.69 bits per heavy atom. The zero-order chi connectivity index (χ0) is 9.47. The molecule has 0 spiro atoms. The van der Waals surface area contributed by atoms with Gasteiger partial charge in [0.1, 0.15) is 5.60 Å². The molecule has 1 N–H and O–H groups in total. The molecule has 2 saturated heterocycles. The number of aliphatic hydroxyl groups is 1. The lowest BCUT2D eigenvalue weighted by Gasteiger charge is -2.29. The Morgan fingerprint density at radius 1 is 1.46 bits per heavy atom. The number of rotatable bonds is 1. The molecule has 4 unspecified atom stereocenters. The monoisotopic (exact) mass is 180 g/mol. The summed E-state index contributed by atoms with van der Waals surface area (Å²) in [6.45, 7) is 3.57. The van der Waals surface area contributed by atoms with Gasteiger partial charge in [-0.05, 0) is 33.1 Å². The van der Waals surface area contributed by atoms with Crippen molar-refractivity contribution in [2.75, 3.05) is 0 Å². The Labute approximate surface area is 79.3 Å². The van der Waals surface area contributed by atoms with Gasteiger partial charge in [-0.2, -0.15) is 0 Å². The SMILES string of the molecule is CC#CC(C)(O)C1CC2CCC1O2. The summed E-state index contributed by atoms with van der Waals surface area (Å²) in [5.41, 5.74) is -0.853. The van der Waals surface area contributed by atoms with Crippen molar-refractivity contribution in [3.8, 4) is 11.8 Å². The van der Waals surface area contributed by atoms with Crippen LogP contribution >= 0.6 is 0 Å². The van der Waals surface area contributed by atoms with Crippen molar-refractivity contribution in [2.45, 2.75) is 50.9 Å². The molecule has 0 aliphatic carbocycles. The summed E-state index contributed by atoms with van der Waals surface area (Å²) >= 11 is 0. The van der Waals surface area contributed by atoms with E-state index in [4.69, 9.17) is 4.74 Å². The van der Waals surface area contributed by atoms with E-state index in [0.29, 0.717) is 6.10 Å². The highest BCUT2D eigenvalue weighted by molar-refractivity contribution is 5.16. The van der Waals surface area contributed by atoms with Crippen LogP contribution in [0.1, 0.15) is 33.1 Å². The first kappa shape index (κ1) is 9.05. The fraction of sp³-hybridized carbons (Fsp3) is 0.818. The maximum absolute atomic E-state index is 10.1. The molecule has 2 fully saturated rings.